The van der Waals surface area contributed by atoms with Crippen molar-refractivity contribution < 1.29 is 24.2 Å². The van der Waals surface area contributed by atoms with E-state index in [1.165, 1.54) is 24.1 Å². The Kier molecular flexibility index (Phi) is 7.21. The van der Waals surface area contributed by atoms with Crippen LogP contribution in [0.5, 0.6) is 11.5 Å². The molecule has 0 atom stereocenters. The third-order valence-electron chi connectivity index (χ3n) is 4.97. The van der Waals surface area contributed by atoms with E-state index in [-0.39, 0.29) is 18.1 Å². The van der Waals surface area contributed by atoms with Gasteiger partial charge in [-0.15, -0.1) is 0 Å². The smallest absolute Gasteiger partial charge is 0.335 e. The molecule has 3 aromatic carbocycles. The molecule has 1 saturated heterocycles. The highest BCUT2D eigenvalue weighted by molar-refractivity contribution is 8.27. The molecule has 34 heavy (non-hydrogen) atoms. The van der Waals surface area contributed by atoms with E-state index >= 15 is 0 Å². The Morgan fingerprint density at radius 2 is 1.91 bits per heavy atom. The number of carbonyl (C=O) groups excluding carboxylic acids is 1. The van der Waals surface area contributed by atoms with Crippen molar-refractivity contribution in [2.45, 2.75) is 6.61 Å². The van der Waals surface area contributed by atoms with Gasteiger partial charge in [-0.05, 0) is 48.0 Å². The topological polar surface area (TPSA) is 76.1 Å². The third kappa shape index (κ3) is 5.09. The fraction of sp³-hybridized carbons (Fsp3) is 0.0800. The first-order valence-electron chi connectivity index (χ1n) is 10.0. The van der Waals surface area contributed by atoms with Gasteiger partial charge < -0.3 is 14.6 Å². The zero-order valence-corrected chi connectivity index (χ0v) is 20.2. The SMILES string of the molecule is COc1cc(/C=C2\SC(=S)N(c3cccc(C(=O)O)c3)C2=O)ccc1OCc1ccccc1Cl. The molecule has 0 spiro atoms. The van der Waals surface area contributed by atoms with Gasteiger partial charge in [0.1, 0.15) is 6.61 Å². The first-order valence-corrected chi connectivity index (χ1v) is 11.6. The first-order chi connectivity index (χ1) is 16.4. The summed E-state index contributed by atoms with van der Waals surface area (Å²) in [4.78, 5) is 26.1. The number of thiocarbonyl (C=S) groups is 1. The van der Waals surface area contributed by atoms with Crippen LogP contribution < -0.4 is 14.4 Å². The summed E-state index contributed by atoms with van der Waals surface area (Å²) in [5.41, 5.74) is 2.06. The largest absolute Gasteiger partial charge is 0.493 e. The number of rotatable bonds is 7. The summed E-state index contributed by atoms with van der Waals surface area (Å²) in [6.45, 7) is 0.281. The summed E-state index contributed by atoms with van der Waals surface area (Å²) in [5.74, 6) is -0.356. The Bertz CT molecular complexity index is 1320. The van der Waals surface area contributed by atoms with Gasteiger partial charge in [0.2, 0.25) is 0 Å². The second kappa shape index (κ2) is 10.3. The van der Waals surface area contributed by atoms with Crippen LogP contribution in [0.4, 0.5) is 5.69 Å². The van der Waals surface area contributed by atoms with Crippen molar-refractivity contribution in [2.75, 3.05) is 12.0 Å². The van der Waals surface area contributed by atoms with Gasteiger partial charge in [0.15, 0.2) is 15.8 Å². The molecule has 1 N–H and O–H groups in total. The van der Waals surface area contributed by atoms with Gasteiger partial charge in [-0.2, -0.15) is 0 Å². The van der Waals surface area contributed by atoms with E-state index in [2.05, 4.69) is 0 Å². The van der Waals surface area contributed by atoms with Crippen LogP contribution in [0.3, 0.4) is 0 Å². The van der Waals surface area contributed by atoms with Crippen molar-refractivity contribution in [2.24, 2.45) is 0 Å². The average molecular weight is 512 g/mol. The summed E-state index contributed by atoms with van der Waals surface area (Å²) in [6, 6.07) is 18.9. The van der Waals surface area contributed by atoms with E-state index in [9.17, 15) is 14.7 Å². The Morgan fingerprint density at radius 3 is 2.65 bits per heavy atom. The lowest BCUT2D eigenvalue weighted by Crippen LogP contribution is -2.27. The van der Waals surface area contributed by atoms with Gasteiger partial charge in [-0.1, -0.05) is 65.9 Å². The lowest BCUT2D eigenvalue weighted by molar-refractivity contribution is -0.113. The Morgan fingerprint density at radius 1 is 1.12 bits per heavy atom. The van der Waals surface area contributed by atoms with Gasteiger partial charge in [0.25, 0.3) is 5.91 Å². The fourth-order valence-electron chi connectivity index (χ4n) is 3.28. The van der Waals surface area contributed by atoms with Crippen molar-refractivity contribution >= 4 is 63.5 Å². The number of hydrogen-bond donors (Lipinski definition) is 1. The minimum atomic E-state index is -1.08. The molecule has 1 amide bonds. The lowest BCUT2D eigenvalue weighted by Gasteiger charge is -2.15. The molecule has 6 nitrogen and oxygen atoms in total. The van der Waals surface area contributed by atoms with Crippen molar-refractivity contribution in [3.05, 3.63) is 93.3 Å². The maximum Gasteiger partial charge on any atom is 0.335 e. The molecule has 9 heteroatoms. The number of halogens is 1. The molecule has 0 radical (unpaired) electrons. The fourth-order valence-corrected chi connectivity index (χ4v) is 4.77. The van der Waals surface area contributed by atoms with Crippen molar-refractivity contribution in [1.29, 1.82) is 0 Å². The third-order valence-corrected chi connectivity index (χ3v) is 6.64. The van der Waals surface area contributed by atoms with Crippen LogP contribution in [-0.2, 0) is 11.4 Å². The minimum Gasteiger partial charge on any atom is -0.493 e. The Hall–Kier alpha value is -3.33. The number of ether oxygens (including phenoxy) is 2. The molecule has 0 saturated carbocycles. The maximum absolute atomic E-state index is 13.0. The molecular weight excluding hydrogens is 494 g/mol. The van der Waals surface area contributed by atoms with Crippen LogP contribution in [0.25, 0.3) is 6.08 Å². The number of anilines is 1. The second-order valence-corrected chi connectivity index (χ2v) is 9.25. The summed E-state index contributed by atoms with van der Waals surface area (Å²) < 4.78 is 11.7. The number of thioether (sulfide) groups is 1. The minimum absolute atomic E-state index is 0.0765. The molecule has 0 aliphatic carbocycles. The van der Waals surface area contributed by atoms with E-state index in [1.54, 1.807) is 36.4 Å². The number of carboxylic acid groups (broad SMARTS) is 1. The molecule has 0 unspecified atom stereocenters. The normalized spacial score (nSPS) is 14.5. The second-order valence-electron chi connectivity index (χ2n) is 7.16. The van der Waals surface area contributed by atoms with E-state index in [4.69, 9.17) is 33.3 Å². The van der Waals surface area contributed by atoms with Gasteiger partial charge in [0, 0.05) is 10.6 Å². The van der Waals surface area contributed by atoms with Crippen molar-refractivity contribution in [3.8, 4) is 11.5 Å². The van der Waals surface area contributed by atoms with Gasteiger partial charge in [-0.3, -0.25) is 9.69 Å². The summed E-state index contributed by atoms with van der Waals surface area (Å²) in [7, 11) is 1.54. The number of nitrogens with zero attached hydrogens (tertiary/aromatic N) is 1. The highest BCUT2D eigenvalue weighted by Crippen LogP contribution is 2.37. The molecule has 1 aliphatic rings. The summed E-state index contributed by atoms with van der Waals surface area (Å²) in [5, 5.41) is 9.86. The van der Waals surface area contributed by atoms with E-state index in [1.807, 2.05) is 24.3 Å². The van der Waals surface area contributed by atoms with Crippen LogP contribution >= 0.6 is 35.6 Å². The number of carboxylic acids is 1. The molecule has 172 valence electrons. The molecule has 1 aliphatic heterocycles. The van der Waals surface area contributed by atoms with Gasteiger partial charge in [0.05, 0.1) is 23.3 Å². The standard InChI is InChI=1S/C25H18ClNO5S2/c1-31-21-11-15(9-10-20(21)32-14-17-5-2-3-8-19(17)26)12-22-23(28)27(25(33)34-22)18-7-4-6-16(13-18)24(29)30/h2-13H,14H2,1H3,(H,29,30)/b22-12-. The maximum atomic E-state index is 13.0. The molecule has 1 heterocycles. The van der Waals surface area contributed by atoms with E-state index in [0.29, 0.717) is 31.4 Å². The van der Waals surface area contributed by atoms with Crippen LogP contribution in [0, 0.1) is 0 Å². The molecule has 1 fully saturated rings. The highest BCUT2D eigenvalue weighted by Gasteiger charge is 2.33. The van der Waals surface area contributed by atoms with Crippen LogP contribution in [0.1, 0.15) is 21.5 Å². The molecular formula is C25H18ClNO5S2. The highest BCUT2D eigenvalue weighted by atomic mass is 35.5. The average Bonchev–Trinajstić information content (AvgIpc) is 3.11. The van der Waals surface area contributed by atoms with Crippen LogP contribution in [0.15, 0.2) is 71.6 Å². The van der Waals surface area contributed by atoms with Crippen LogP contribution in [0.2, 0.25) is 5.02 Å². The summed E-state index contributed by atoms with van der Waals surface area (Å²) in [6.07, 6.45) is 1.71. The number of benzene rings is 3. The Balaban J connectivity index is 1.55. The van der Waals surface area contributed by atoms with E-state index in [0.717, 1.165) is 22.9 Å². The monoisotopic (exact) mass is 511 g/mol. The predicted octanol–water partition coefficient (Wildman–Crippen LogP) is 6.03. The number of carbonyl (C=O) groups is 2. The molecule has 4 rings (SSSR count). The number of aromatic carboxylic acids is 1. The number of hydrogen-bond acceptors (Lipinski definition) is 6. The van der Waals surface area contributed by atoms with Gasteiger partial charge >= 0.3 is 5.97 Å². The predicted molar refractivity (Wildman–Crippen MR) is 138 cm³/mol. The Labute approximate surface area is 210 Å². The van der Waals surface area contributed by atoms with Crippen molar-refractivity contribution in [3.63, 3.8) is 0 Å². The first kappa shape index (κ1) is 23.8. The zero-order chi connectivity index (χ0) is 24.2. The van der Waals surface area contributed by atoms with E-state index < -0.39 is 5.97 Å². The zero-order valence-electron chi connectivity index (χ0n) is 17.9. The molecule has 0 aromatic heterocycles. The molecule has 3 aromatic rings. The van der Waals surface area contributed by atoms with Crippen molar-refractivity contribution in [1.82, 2.24) is 0 Å². The lowest BCUT2D eigenvalue weighted by atomic mass is 10.1. The van der Waals surface area contributed by atoms with Crippen LogP contribution in [-0.4, -0.2) is 28.4 Å². The van der Waals surface area contributed by atoms with Gasteiger partial charge in [-0.25, -0.2) is 4.79 Å². The summed E-state index contributed by atoms with van der Waals surface area (Å²) >= 11 is 12.7. The number of methoxy groups -OCH3 is 1. The quantitative estimate of drug-likeness (QED) is 0.306. The number of amides is 1. The molecule has 0 bridgehead atoms.